The summed E-state index contributed by atoms with van der Waals surface area (Å²) in [4.78, 5) is 33.8. The summed E-state index contributed by atoms with van der Waals surface area (Å²) in [5, 5.41) is 0. The highest BCUT2D eigenvalue weighted by atomic mass is 16.7. The SMILES string of the molecule is COC1C=C(C(=O)C(C)=O)C=CC1(OC)OC(C)=O. The van der Waals surface area contributed by atoms with Gasteiger partial charge in [-0.05, 0) is 18.2 Å². The van der Waals surface area contributed by atoms with E-state index < -0.39 is 29.4 Å². The highest BCUT2D eigenvalue weighted by Gasteiger charge is 2.42. The number of esters is 1. The summed E-state index contributed by atoms with van der Waals surface area (Å²) in [5.74, 6) is -3.20. The molecule has 0 aromatic carbocycles. The van der Waals surface area contributed by atoms with E-state index >= 15 is 0 Å². The Morgan fingerprint density at radius 2 is 1.84 bits per heavy atom. The first kappa shape index (κ1) is 15.3. The van der Waals surface area contributed by atoms with Crippen molar-refractivity contribution in [2.75, 3.05) is 14.2 Å². The first-order valence-electron chi connectivity index (χ1n) is 5.60. The van der Waals surface area contributed by atoms with Crippen LogP contribution in [0.3, 0.4) is 0 Å². The van der Waals surface area contributed by atoms with E-state index in [0.717, 1.165) is 0 Å². The smallest absolute Gasteiger partial charge is 0.305 e. The normalized spacial score (nSPS) is 25.7. The molecular weight excluding hydrogens is 252 g/mol. The number of carbonyl (C=O) groups excluding carboxylic acids is 3. The van der Waals surface area contributed by atoms with Crippen LogP contribution in [-0.2, 0) is 28.6 Å². The molecule has 2 unspecified atom stereocenters. The number of allylic oxidation sites excluding steroid dienone is 2. The fraction of sp³-hybridized carbons (Fsp3) is 0.462. The van der Waals surface area contributed by atoms with E-state index in [1.165, 1.54) is 46.3 Å². The third-order valence-corrected chi connectivity index (χ3v) is 2.68. The topological polar surface area (TPSA) is 78.9 Å². The second-order valence-corrected chi connectivity index (χ2v) is 4.02. The predicted octanol–water partition coefficient (Wildman–Crippen LogP) is 0.562. The van der Waals surface area contributed by atoms with E-state index in [2.05, 4.69) is 0 Å². The molecule has 6 nitrogen and oxygen atoms in total. The number of ketones is 2. The summed E-state index contributed by atoms with van der Waals surface area (Å²) >= 11 is 0. The molecule has 0 amide bonds. The maximum atomic E-state index is 11.6. The van der Waals surface area contributed by atoms with E-state index in [9.17, 15) is 14.4 Å². The highest BCUT2D eigenvalue weighted by Crippen LogP contribution is 2.29. The Hall–Kier alpha value is -1.79. The van der Waals surface area contributed by atoms with E-state index in [1.54, 1.807) is 0 Å². The van der Waals surface area contributed by atoms with Gasteiger partial charge in [-0.15, -0.1) is 0 Å². The summed E-state index contributed by atoms with van der Waals surface area (Å²) in [6.45, 7) is 2.42. The molecule has 0 N–H and O–H groups in total. The first-order chi connectivity index (χ1) is 8.86. The van der Waals surface area contributed by atoms with Gasteiger partial charge in [0.2, 0.25) is 5.78 Å². The molecule has 0 heterocycles. The molecule has 6 heteroatoms. The van der Waals surface area contributed by atoms with Crippen LogP contribution in [0.15, 0.2) is 23.8 Å². The Kier molecular flexibility index (Phi) is 4.74. The molecular formula is C13H16O6. The van der Waals surface area contributed by atoms with Gasteiger partial charge in [0.05, 0.1) is 0 Å². The van der Waals surface area contributed by atoms with Crippen molar-refractivity contribution in [1.29, 1.82) is 0 Å². The zero-order valence-electron chi connectivity index (χ0n) is 11.3. The Balaban J connectivity index is 3.11. The van der Waals surface area contributed by atoms with Crippen molar-refractivity contribution in [3.63, 3.8) is 0 Å². The van der Waals surface area contributed by atoms with E-state index in [-0.39, 0.29) is 5.57 Å². The third-order valence-electron chi connectivity index (χ3n) is 2.68. The summed E-state index contributed by atoms with van der Waals surface area (Å²) in [6, 6.07) is 0. The zero-order chi connectivity index (χ0) is 14.6. The molecule has 19 heavy (non-hydrogen) atoms. The van der Waals surface area contributed by atoms with Crippen LogP contribution in [0.25, 0.3) is 0 Å². The molecule has 0 aliphatic heterocycles. The lowest BCUT2D eigenvalue weighted by Crippen LogP contribution is -2.48. The van der Waals surface area contributed by atoms with Gasteiger partial charge in [0.1, 0.15) is 6.10 Å². The van der Waals surface area contributed by atoms with Crippen LogP contribution >= 0.6 is 0 Å². The van der Waals surface area contributed by atoms with E-state index in [1.807, 2.05) is 0 Å². The van der Waals surface area contributed by atoms with Crippen LogP contribution < -0.4 is 0 Å². The van der Waals surface area contributed by atoms with Gasteiger partial charge >= 0.3 is 5.97 Å². The van der Waals surface area contributed by atoms with Crippen LogP contribution in [0.4, 0.5) is 0 Å². The van der Waals surface area contributed by atoms with E-state index in [0.29, 0.717) is 0 Å². The molecule has 1 rings (SSSR count). The van der Waals surface area contributed by atoms with Gasteiger partial charge in [0, 0.05) is 33.6 Å². The monoisotopic (exact) mass is 268 g/mol. The summed E-state index contributed by atoms with van der Waals surface area (Å²) < 4.78 is 15.5. The Morgan fingerprint density at radius 1 is 1.21 bits per heavy atom. The largest absolute Gasteiger partial charge is 0.426 e. The van der Waals surface area contributed by atoms with Crippen LogP contribution in [-0.4, -0.2) is 43.6 Å². The number of hydrogen-bond acceptors (Lipinski definition) is 6. The predicted molar refractivity (Wildman–Crippen MR) is 65.2 cm³/mol. The Labute approximate surface area is 111 Å². The highest BCUT2D eigenvalue weighted by molar-refractivity contribution is 6.43. The molecule has 0 spiro atoms. The standard InChI is InChI=1S/C13H16O6/c1-8(14)12(16)10-5-6-13(18-4,19-9(2)15)11(7-10)17-3/h5-7,11H,1-4H3. The van der Waals surface area contributed by atoms with Crippen molar-refractivity contribution in [2.45, 2.75) is 25.7 Å². The lowest BCUT2D eigenvalue weighted by Gasteiger charge is -2.35. The zero-order valence-corrected chi connectivity index (χ0v) is 11.3. The average Bonchev–Trinajstić information content (AvgIpc) is 2.37. The molecule has 0 fully saturated rings. The van der Waals surface area contributed by atoms with Crippen LogP contribution in [0.5, 0.6) is 0 Å². The molecule has 0 saturated carbocycles. The molecule has 1 aliphatic rings. The number of methoxy groups -OCH3 is 2. The van der Waals surface area contributed by atoms with Gasteiger partial charge in [-0.2, -0.15) is 0 Å². The number of Topliss-reactive ketones (excluding diaryl/α,β-unsaturated/α-hetero) is 2. The number of rotatable bonds is 5. The average molecular weight is 268 g/mol. The Morgan fingerprint density at radius 3 is 2.26 bits per heavy atom. The second-order valence-electron chi connectivity index (χ2n) is 4.02. The summed E-state index contributed by atoms with van der Waals surface area (Å²) in [7, 11) is 2.73. The van der Waals surface area contributed by atoms with Crippen molar-refractivity contribution in [3.05, 3.63) is 23.8 Å². The van der Waals surface area contributed by atoms with Crippen LogP contribution in [0.2, 0.25) is 0 Å². The van der Waals surface area contributed by atoms with Gasteiger partial charge in [-0.3, -0.25) is 14.4 Å². The molecule has 104 valence electrons. The summed E-state index contributed by atoms with van der Waals surface area (Å²) in [5.41, 5.74) is 0.180. The minimum atomic E-state index is -1.43. The molecule has 0 saturated heterocycles. The lowest BCUT2D eigenvalue weighted by atomic mass is 9.95. The first-order valence-corrected chi connectivity index (χ1v) is 5.60. The molecule has 0 bridgehead atoms. The van der Waals surface area contributed by atoms with Gasteiger partial charge in [-0.1, -0.05) is 0 Å². The van der Waals surface area contributed by atoms with Crippen LogP contribution in [0, 0.1) is 0 Å². The lowest BCUT2D eigenvalue weighted by molar-refractivity contribution is -0.229. The molecule has 0 aromatic rings. The third kappa shape index (κ3) is 3.15. The second kappa shape index (κ2) is 5.90. The quantitative estimate of drug-likeness (QED) is 0.412. The molecule has 2 atom stereocenters. The fourth-order valence-electron chi connectivity index (χ4n) is 1.77. The molecule has 1 aliphatic carbocycles. The van der Waals surface area contributed by atoms with E-state index in [4.69, 9.17) is 14.2 Å². The molecule has 0 aromatic heterocycles. The fourth-order valence-corrected chi connectivity index (χ4v) is 1.77. The van der Waals surface area contributed by atoms with Crippen molar-refractivity contribution < 1.29 is 28.6 Å². The molecule has 0 radical (unpaired) electrons. The number of ether oxygens (including phenoxy) is 3. The maximum absolute atomic E-state index is 11.6. The number of hydrogen-bond donors (Lipinski definition) is 0. The maximum Gasteiger partial charge on any atom is 0.305 e. The van der Waals surface area contributed by atoms with Gasteiger partial charge in [0.25, 0.3) is 5.79 Å². The van der Waals surface area contributed by atoms with Crippen molar-refractivity contribution >= 4 is 17.5 Å². The summed E-state index contributed by atoms with van der Waals surface area (Å²) in [6.07, 6.45) is 3.35. The van der Waals surface area contributed by atoms with Crippen molar-refractivity contribution in [1.82, 2.24) is 0 Å². The van der Waals surface area contributed by atoms with Gasteiger partial charge < -0.3 is 14.2 Å². The minimum Gasteiger partial charge on any atom is -0.426 e. The van der Waals surface area contributed by atoms with Gasteiger partial charge in [0.15, 0.2) is 5.78 Å². The Bertz CT molecular complexity index is 462. The van der Waals surface area contributed by atoms with Crippen molar-refractivity contribution in [3.8, 4) is 0 Å². The minimum absolute atomic E-state index is 0.180. The number of carbonyl (C=O) groups is 3. The van der Waals surface area contributed by atoms with Gasteiger partial charge in [-0.25, -0.2) is 0 Å². The van der Waals surface area contributed by atoms with Crippen LogP contribution in [0.1, 0.15) is 13.8 Å². The van der Waals surface area contributed by atoms with Crippen molar-refractivity contribution in [2.24, 2.45) is 0 Å².